The minimum absolute atomic E-state index is 0.0170. The standard InChI is InChI=1S/C11H17NO2/c1-8-5-4-6-10(12)11(8)14-9(2)7-13-3/h4-6,9H,7,12H2,1-3H3. The molecule has 14 heavy (non-hydrogen) atoms. The van der Waals surface area contributed by atoms with Crippen molar-refractivity contribution in [2.45, 2.75) is 20.0 Å². The molecule has 0 saturated heterocycles. The second kappa shape index (κ2) is 4.86. The van der Waals surface area contributed by atoms with Crippen LogP contribution in [0.25, 0.3) is 0 Å². The summed E-state index contributed by atoms with van der Waals surface area (Å²) in [4.78, 5) is 0. The molecule has 0 saturated carbocycles. The monoisotopic (exact) mass is 195 g/mol. The predicted molar refractivity (Wildman–Crippen MR) is 57.6 cm³/mol. The second-order valence-corrected chi connectivity index (χ2v) is 3.38. The van der Waals surface area contributed by atoms with Crippen LogP contribution in [0.5, 0.6) is 5.75 Å². The molecule has 0 bridgehead atoms. The average molecular weight is 195 g/mol. The number of hydrogen-bond donors (Lipinski definition) is 1. The largest absolute Gasteiger partial charge is 0.486 e. The molecule has 0 radical (unpaired) electrons. The van der Waals surface area contributed by atoms with E-state index in [-0.39, 0.29) is 6.10 Å². The number of benzene rings is 1. The molecule has 78 valence electrons. The minimum Gasteiger partial charge on any atom is -0.486 e. The Morgan fingerprint density at radius 1 is 1.43 bits per heavy atom. The Labute approximate surface area is 84.8 Å². The lowest BCUT2D eigenvalue weighted by Gasteiger charge is -2.17. The van der Waals surface area contributed by atoms with Gasteiger partial charge >= 0.3 is 0 Å². The van der Waals surface area contributed by atoms with Crippen molar-refractivity contribution in [2.24, 2.45) is 0 Å². The lowest BCUT2D eigenvalue weighted by Crippen LogP contribution is -2.19. The number of aryl methyl sites for hydroxylation is 1. The summed E-state index contributed by atoms with van der Waals surface area (Å²) in [7, 11) is 1.65. The van der Waals surface area contributed by atoms with Crippen LogP contribution in [0.15, 0.2) is 18.2 Å². The molecule has 0 aliphatic carbocycles. The normalized spacial score (nSPS) is 12.5. The molecule has 0 fully saturated rings. The van der Waals surface area contributed by atoms with Crippen LogP contribution in [0, 0.1) is 6.92 Å². The van der Waals surface area contributed by atoms with Gasteiger partial charge in [-0.2, -0.15) is 0 Å². The Balaban J connectivity index is 2.75. The van der Waals surface area contributed by atoms with Crippen LogP contribution in [0.2, 0.25) is 0 Å². The highest BCUT2D eigenvalue weighted by atomic mass is 16.5. The Hall–Kier alpha value is -1.22. The maximum Gasteiger partial charge on any atom is 0.145 e. The third-order valence-electron chi connectivity index (χ3n) is 1.96. The number of hydrogen-bond acceptors (Lipinski definition) is 3. The summed E-state index contributed by atoms with van der Waals surface area (Å²) in [6.07, 6.45) is 0.0170. The Kier molecular flexibility index (Phi) is 3.77. The van der Waals surface area contributed by atoms with Gasteiger partial charge in [0.1, 0.15) is 11.9 Å². The van der Waals surface area contributed by atoms with Crippen molar-refractivity contribution in [1.29, 1.82) is 0 Å². The molecule has 0 spiro atoms. The summed E-state index contributed by atoms with van der Waals surface area (Å²) in [6, 6.07) is 5.73. The van der Waals surface area contributed by atoms with Gasteiger partial charge in [0.15, 0.2) is 0 Å². The van der Waals surface area contributed by atoms with Gasteiger partial charge in [-0.05, 0) is 25.5 Å². The summed E-state index contributed by atoms with van der Waals surface area (Å²) in [5, 5.41) is 0. The molecule has 1 rings (SSSR count). The van der Waals surface area contributed by atoms with Gasteiger partial charge < -0.3 is 15.2 Å². The molecule has 1 unspecified atom stereocenters. The van der Waals surface area contributed by atoms with Crippen molar-refractivity contribution < 1.29 is 9.47 Å². The molecule has 0 aliphatic rings. The van der Waals surface area contributed by atoms with E-state index in [9.17, 15) is 0 Å². The molecule has 3 heteroatoms. The lowest BCUT2D eigenvalue weighted by atomic mass is 10.2. The van der Waals surface area contributed by atoms with E-state index in [1.807, 2.05) is 32.0 Å². The molecule has 0 amide bonds. The first kappa shape index (κ1) is 10.9. The molecular formula is C11H17NO2. The fraction of sp³-hybridized carbons (Fsp3) is 0.455. The van der Waals surface area contributed by atoms with Crippen molar-refractivity contribution in [3.8, 4) is 5.75 Å². The van der Waals surface area contributed by atoms with E-state index in [0.717, 1.165) is 11.3 Å². The van der Waals surface area contributed by atoms with Gasteiger partial charge in [0.25, 0.3) is 0 Å². The van der Waals surface area contributed by atoms with Crippen LogP contribution >= 0.6 is 0 Å². The Bertz CT molecular complexity index is 279. The molecule has 0 heterocycles. The van der Waals surface area contributed by atoms with E-state index < -0.39 is 0 Å². The average Bonchev–Trinajstić information content (AvgIpc) is 2.12. The van der Waals surface area contributed by atoms with Crippen LogP contribution in [-0.4, -0.2) is 19.8 Å². The molecule has 2 N–H and O–H groups in total. The fourth-order valence-electron chi connectivity index (χ4n) is 1.31. The van der Waals surface area contributed by atoms with Gasteiger partial charge in [0, 0.05) is 7.11 Å². The van der Waals surface area contributed by atoms with Crippen LogP contribution in [0.4, 0.5) is 5.69 Å². The highest BCUT2D eigenvalue weighted by Crippen LogP contribution is 2.26. The Morgan fingerprint density at radius 2 is 2.14 bits per heavy atom. The maximum atomic E-state index is 5.80. The first-order valence-electron chi connectivity index (χ1n) is 4.66. The molecule has 1 atom stereocenters. The first-order valence-corrected chi connectivity index (χ1v) is 4.66. The van der Waals surface area contributed by atoms with Crippen LogP contribution in [-0.2, 0) is 4.74 Å². The number of ether oxygens (including phenoxy) is 2. The zero-order chi connectivity index (χ0) is 10.6. The van der Waals surface area contributed by atoms with Crippen molar-refractivity contribution in [2.75, 3.05) is 19.5 Å². The van der Waals surface area contributed by atoms with Gasteiger partial charge in [-0.3, -0.25) is 0 Å². The Morgan fingerprint density at radius 3 is 2.71 bits per heavy atom. The van der Waals surface area contributed by atoms with E-state index in [4.69, 9.17) is 15.2 Å². The van der Waals surface area contributed by atoms with Gasteiger partial charge in [-0.25, -0.2) is 0 Å². The second-order valence-electron chi connectivity index (χ2n) is 3.38. The topological polar surface area (TPSA) is 44.5 Å². The predicted octanol–water partition coefficient (Wildman–Crippen LogP) is 1.99. The van der Waals surface area contributed by atoms with E-state index in [2.05, 4.69) is 0 Å². The van der Waals surface area contributed by atoms with Crippen molar-refractivity contribution in [1.82, 2.24) is 0 Å². The molecule has 1 aromatic carbocycles. The summed E-state index contributed by atoms with van der Waals surface area (Å²) >= 11 is 0. The van der Waals surface area contributed by atoms with E-state index in [1.165, 1.54) is 0 Å². The number of nitrogen functional groups attached to an aromatic ring is 1. The number of rotatable bonds is 4. The minimum atomic E-state index is 0.0170. The first-order chi connectivity index (χ1) is 6.65. The highest BCUT2D eigenvalue weighted by Gasteiger charge is 2.08. The van der Waals surface area contributed by atoms with Gasteiger partial charge in [0.2, 0.25) is 0 Å². The zero-order valence-corrected chi connectivity index (χ0v) is 8.91. The summed E-state index contributed by atoms with van der Waals surface area (Å²) in [5.74, 6) is 0.761. The number of para-hydroxylation sites is 1. The van der Waals surface area contributed by atoms with Crippen LogP contribution in [0.1, 0.15) is 12.5 Å². The van der Waals surface area contributed by atoms with Crippen molar-refractivity contribution in [3.05, 3.63) is 23.8 Å². The third-order valence-corrected chi connectivity index (χ3v) is 1.96. The quantitative estimate of drug-likeness (QED) is 0.747. The van der Waals surface area contributed by atoms with E-state index in [0.29, 0.717) is 12.3 Å². The van der Waals surface area contributed by atoms with Crippen LogP contribution < -0.4 is 10.5 Å². The zero-order valence-electron chi connectivity index (χ0n) is 8.91. The summed E-state index contributed by atoms with van der Waals surface area (Å²) in [6.45, 7) is 4.49. The smallest absolute Gasteiger partial charge is 0.145 e. The fourth-order valence-corrected chi connectivity index (χ4v) is 1.31. The highest BCUT2D eigenvalue weighted by molar-refractivity contribution is 5.56. The summed E-state index contributed by atoms with van der Waals surface area (Å²) in [5.41, 5.74) is 7.52. The van der Waals surface area contributed by atoms with Gasteiger partial charge in [-0.1, -0.05) is 12.1 Å². The maximum absolute atomic E-state index is 5.80. The SMILES string of the molecule is COCC(C)Oc1c(C)cccc1N. The molecule has 3 nitrogen and oxygen atoms in total. The number of methoxy groups -OCH3 is 1. The van der Waals surface area contributed by atoms with Crippen molar-refractivity contribution >= 4 is 5.69 Å². The third kappa shape index (κ3) is 2.64. The molecule has 0 aromatic heterocycles. The number of anilines is 1. The molecule has 0 aliphatic heterocycles. The van der Waals surface area contributed by atoms with Crippen molar-refractivity contribution in [3.63, 3.8) is 0 Å². The molecular weight excluding hydrogens is 178 g/mol. The number of nitrogens with two attached hydrogens (primary N) is 1. The van der Waals surface area contributed by atoms with E-state index >= 15 is 0 Å². The van der Waals surface area contributed by atoms with Gasteiger partial charge in [0.05, 0.1) is 12.3 Å². The lowest BCUT2D eigenvalue weighted by molar-refractivity contribution is 0.0921. The van der Waals surface area contributed by atoms with Crippen LogP contribution in [0.3, 0.4) is 0 Å². The summed E-state index contributed by atoms with van der Waals surface area (Å²) < 4.78 is 10.7. The molecule has 1 aromatic rings. The van der Waals surface area contributed by atoms with E-state index in [1.54, 1.807) is 7.11 Å². The van der Waals surface area contributed by atoms with Gasteiger partial charge in [-0.15, -0.1) is 0 Å².